The first-order valence-electron chi connectivity index (χ1n) is 6.23. The minimum absolute atomic E-state index is 0.505. The summed E-state index contributed by atoms with van der Waals surface area (Å²) < 4.78 is 1.55. The molecule has 0 amide bonds. The average molecular weight is 381 g/mol. The summed E-state index contributed by atoms with van der Waals surface area (Å²) in [5.74, 6) is 0. The van der Waals surface area contributed by atoms with Gasteiger partial charge < -0.3 is 0 Å². The molecule has 0 aliphatic carbocycles. The number of rotatable bonds is 2. The van der Waals surface area contributed by atoms with Crippen molar-refractivity contribution in [3.05, 3.63) is 47.3 Å². The standard InChI is InChI=1S/C12H13SSi.3CH3.Sn/c1-10-8-9-12(13-10)14(2)11-6-4-3-5-7-11;;;;/h3-9H,1-2H3;3*1H3;. The minimum atomic E-state index is -0.543. The van der Waals surface area contributed by atoms with Crippen molar-refractivity contribution in [2.75, 3.05) is 0 Å². The normalized spacial score (nSPS) is 10.4. The molecule has 2 radical (unpaired) electrons. The van der Waals surface area contributed by atoms with Crippen molar-refractivity contribution in [3.63, 3.8) is 0 Å². The van der Waals surface area contributed by atoms with Gasteiger partial charge in [-0.25, -0.2) is 0 Å². The van der Waals surface area contributed by atoms with Crippen LogP contribution in [0.1, 0.15) is 4.88 Å². The van der Waals surface area contributed by atoms with E-state index >= 15 is 0 Å². The van der Waals surface area contributed by atoms with Gasteiger partial charge in [-0.2, -0.15) is 11.3 Å². The van der Waals surface area contributed by atoms with Crippen molar-refractivity contribution in [2.45, 2.75) is 28.3 Å². The van der Waals surface area contributed by atoms with Gasteiger partial charge in [0.15, 0.2) is 0 Å². The van der Waals surface area contributed by atoms with Gasteiger partial charge in [-0.15, -0.1) is 0 Å². The molecule has 0 aliphatic rings. The molecule has 0 N–H and O–H groups in total. The Balaban J connectivity index is 0.000000357. The third-order valence-corrected chi connectivity index (χ3v) is 6.46. The van der Waals surface area contributed by atoms with Crippen molar-refractivity contribution in [1.82, 2.24) is 0 Å². The van der Waals surface area contributed by atoms with Gasteiger partial charge in [0.05, 0.1) is 0 Å². The predicted molar refractivity (Wildman–Crippen MR) is 89.7 cm³/mol. The Kier molecular flexibility index (Phi) is 7.26. The first-order valence-corrected chi connectivity index (χ1v) is 17.6. The van der Waals surface area contributed by atoms with Gasteiger partial charge in [-0.3, -0.25) is 0 Å². The molecule has 0 fully saturated rings. The van der Waals surface area contributed by atoms with E-state index in [1.54, 1.807) is 4.50 Å². The zero-order valence-corrected chi connectivity index (χ0v) is 16.6. The van der Waals surface area contributed by atoms with Crippen molar-refractivity contribution < 1.29 is 0 Å². The molecular formula is C15H22SSiSn. The SMILES string of the molecule is Cc1ccc([Si](C)c2ccccc2)s1.[CH3][Sn]([CH3])[CH3]. The summed E-state index contributed by atoms with van der Waals surface area (Å²) in [5, 5.41) is 1.50. The summed E-state index contributed by atoms with van der Waals surface area (Å²) in [7, 11) is -0.505. The number of hydrogen-bond donors (Lipinski definition) is 0. The van der Waals surface area contributed by atoms with Crippen molar-refractivity contribution in [2.24, 2.45) is 0 Å². The van der Waals surface area contributed by atoms with Gasteiger partial charge in [0.25, 0.3) is 0 Å². The van der Waals surface area contributed by atoms with E-state index in [2.05, 4.69) is 70.8 Å². The summed E-state index contributed by atoms with van der Waals surface area (Å²) in [5.41, 5.74) is 0. The van der Waals surface area contributed by atoms with Gasteiger partial charge >= 0.3 is 34.6 Å². The van der Waals surface area contributed by atoms with Crippen LogP contribution in [0.2, 0.25) is 21.4 Å². The van der Waals surface area contributed by atoms with E-state index in [0.29, 0.717) is 0 Å². The molecule has 1 aromatic carbocycles. The molecule has 2 aromatic rings. The van der Waals surface area contributed by atoms with Gasteiger partial charge in [0, 0.05) is 4.88 Å². The summed E-state index contributed by atoms with van der Waals surface area (Å²) in [6.07, 6.45) is 0. The molecule has 0 aliphatic heterocycles. The number of aryl methyl sites for hydroxylation is 1. The molecule has 0 nitrogen and oxygen atoms in total. The first-order chi connectivity index (χ1) is 8.50. The molecule has 2 rings (SSSR count). The molecule has 1 aromatic heterocycles. The average Bonchev–Trinajstić information content (AvgIpc) is 2.75. The van der Waals surface area contributed by atoms with Crippen LogP contribution in [0.25, 0.3) is 0 Å². The van der Waals surface area contributed by atoms with Crippen LogP contribution in [0, 0.1) is 6.92 Å². The second-order valence-electron chi connectivity index (χ2n) is 4.90. The van der Waals surface area contributed by atoms with E-state index in [4.69, 9.17) is 0 Å². The Labute approximate surface area is 124 Å². The Hall–Kier alpha value is -0.0644. The van der Waals surface area contributed by atoms with E-state index in [9.17, 15) is 0 Å². The molecule has 0 spiro atoms. The maximum atomic E-state index is 2.37. The van der Waals surface area contributed by atoms with Crippen molar-refractivity contribution in [1.29, 1.82) is 0 Å². The van der Waals surface area contributed by atoms with Gasteiger partial charge in [0.1, 0.15) is 8.80 Å². The van der Waals surface area contributed by atoms with Crippen molar-refractivity contribution in [3.8, 4) is 0 Å². The Morgan fingerprint density at radius 1 is 0.944 bits per heavy atom. The van der Waals surface area contributed by atoms with Crippen LogP contribution < -0.4 is 9.69 Å². The Morgan fingerprint density at radius 2 is 1.50 bits per heavy atom. The van der Waals surface area contributed by atoms with Crippen LogP contribution in [-0.4, -0.2) is 28.6 Å². The second kappa shape index (κ2) is 8.18. The monoisotopic (exact) mass is 382 g/mol. The number of hydrogen-bond acceptors (Lipinski definition) is 1. The van der Waals surface area contributed by atoms with Crippen LogP contribution in [-0.2, 0) is 0 Å². The van der Waals surface area contributed by atoms with Crippen LogP contribution in [0.5, 0.6) is 0 Å². The predicted octanol–water partition coefficient (Wildman–Crippen LogP) is 3.67. The fourth-order valence-corrected chi connectivity index (χ4v) is 4.84. The second-order valence-corrected chi connectivity index (χ2v) is 17.5. The Bertz CT molecular complexity index is 448. The molecule has 18 heavy (non-hydrogen) atoms. The molecule has 1 heterocycles. The quantitative estimate of drug-likeness (QED) is 0.697. The zero-order valence-electron chi connectivity index (χ0n) is 11.9. The molecule has 3 heteroatoms. The molecule has 0 bridgehead atoms. The topological polar surface area (TPSA) is 0 Å². The maximum absolute atomic E-state index is 2.37. The van der Waals surface area contributed by atoms with Gasteiger partial charge in [-0.05, 0) is 17.5 Å². The van der Waals surface area contributed by atoms with Gasteiger partial charge in [-0.1, -0.05) is 48.1 Å². The molecule has 0 unspecified atom stereocenters. The summed E-state index contributed by atoms with van der Waals surface area (Å²) >= 11 is 1.39. The van der Waals surface area contributed by atoms with Crippen LogP contribution in [0.15, 0.2) is 42.5 Å². The number of thiophene rings is 1. The molecule has 0 saturated heterocycles. The molecule has 0 atom stereocenters. The zero-order chi connectivity index (χ0) is 13.5. The number of benzene rings is 1. The van der Waals surface area contributed by atoms with E-state index in [1.807, 2.05) is 11.3 Å². The van der Waals surface area contributed by atoms with E-state index in [0.717, 1.165) is 0 Å². The van der Waals surface area contributed by atoms with Crippen LogP contribution in [0.3, 0.4) is 0 Å². The summed E-state index contributed by atoms with van der Waals surface area (Å²) in [6, 6.07) is 15.3. The van der Waals surface area contributed by atoms with E-state index < -0.39 is 28.6 Å². The van der Waals surface area contributed by atoms with Crippen LogP contribution in [0.4, 0.5) is 0 Å². The van der Waals surface area contributed by atoms with E-state index in [-0.39, 0.29) is 0 Å². The summed E-state index contributed by atoms with van der Waals surface area (Å²) in [6.45, 7) is 4.54. The third-order valence-electron chi connectivity index (χ3n) is 2.32. The summed E-state index contributed by atoms with van der Waals surface area (Å²) in [4.78, 5) is 8.51. The molecule has 0 saturated carbocycles. The fourth-order valence-electron chi connectivity index (χ4n) is 1.47. The van der Waals surface area contributed by atoms with E-state index in [1.165, 1.54) is 10.1 Å². The third kappa shape index (κ3) is 5.72. The first kappa shape index (κ1) is 16.0. The van der Waals surface area contributed by atoms with Crippen molar-refractivity contribution >= 4 is 49.6 Å². The molecular weight excluding hydrogens is 359 g/mol. The Morgan fingerprint density at radius 3 is 1.94 bits per heavy atom. The van der Waals surface area contributed by atoms with Crippen LogP contribution >= 0.6 is 11.3 Å². The fraction of sp³-hybridized carbons (Fsp3) is 0.333. The molecule has 96 valence electrons. The van der Waals surface area contributed by atoms with Gasteiger partial charge in [0.2, 0.25) is 0 Å².